The van der Waals surface area contributed by atoms with Gasteiger partial charge in [-0.15, -0.1) is 0 Å². The normalized spacial score (nSPS) is 29.0. The lowest BCUT2D eigenvalue weighted by Gasteiger charge is -2.27. The Bertz CT molecular complexity index is 476. The summed E-state index contributed by atoms with van der Waals surface area (Å²) in [4.78, 5) is 14.9. The van der Waals surface area contributed by atoms with Crippen LogP contribution in [0.1, 0.15) is 50.6 Å². The first-order chi connectivity index (χ1) is 10.3. The van der Waals surface area contributed by atoms with Crippen molar-refractivity contribution in [2.24, 2.45) is 0 Å². The van der Waals surface area contributed by atoms with Crippen molar-refractivity contribution in [1.29, 1.82) is 0 Å². The molecule has 2 heterocycles. The highest BCUT2D eigenvalue weighted by Gasteiger charge is 2.37. The zero-order valence-corrected chi connectivity index (χ0v) is 12.7. The molecule has 2 saturated heterocycles. The van der Waals surface area contributed by atoms with Gasteiger partial charge < -0.3 is 4.90 Å². The Hall–Kier alpha value is -1.39. The zero-order valence-electron chi connectivity index (χ0n) is 12.7. The van der Waals surface area contributed by atoms with Crippen LogP contribution >= 0.6 is 0 Å². The van der Waals surface area contributed by atoms with Gasteiger partial charge in [0.15, 0.2) is 0 Å². The summed E-state index contributed by atoms with van der Waals surface area (Å²) in [6.45, 7) is 3.07. The molecule has 0 aliphatic carbocycles. The molecule has 2 N–H and O–H groups in total. The van der Waals surface area contributed by atoms with Crippen LogP contribution in [0, 0.1) is 0 Å². The number of hydrazine groups is 1. The van der Waals surface area contributed by atoms with Gasteiger partial charge in [0.25, 0.3) is 0 Å². The Morgan fingerprint density at radius 3 is 2.86 bits per heavy atom. The first-order valence-corrected chi connectivity index (χ1v) is 8.16. The number of nitrogens with zero attached hydrogens (tertiary/aromatic N) is 1. The molecule has 0 aromatic heterocycles. The van der Waals surface area contributed by atoms with Gasteiger partial charge in [0, 0.05) is 12.6 Å². The Balaban J connectivity index is 1.67. The number of amides is 1. The number of likely N-dealkylation sites (tertiary alicyclic amines) is 1. The average Bonchev–Trinajstić information content (AvgIpc) is 3.17. The third kappa shape index (κ3) is 3.11. The predicted octanol–water partition coefficient (Wildman–Crippen LogP) is 2.39. The SMILES string of the molecule is CCCC1CC(C(=O)N2CCCC2c2ccccc2)NN1. The lowest BCUT2D eigenvalue weighted by Crippen LogP contribution is -2.45. The van der Waals surface area contributed by atoms with Crippen molar-refractivity contribution >= 4 is 5.91 Å². The molecule has 2 aliphatic rings. The van der Waals surface area contributed by atoms with Gasteiger partial charge in [-0.1, -0.05) is 43.7 Å². The van der Waals surface area contributed by atoms with Crippen molar-refractivity contribution < 1.29 is 4.79 Å². The van der Waals surface area contributed by atoms with E-state index in [2.05, 4.69) is 46.9 Å². The standard InChI is InChI=1S/C17H25N3O/c1-2-7-14-12-15(19-18-14)17(21)20-11-6-10-16(20)13-8-4-3-5-9-13/h3-5,8-9,14-16,18-19H,2,6-7,10-12H2,1H3. The van der Waals surface area contributed by atoms with Crippen molar-refractivity contribution in [2.45, 2.75) is 57.2 Å². The fourth-order valence-electron chi connectivity index (χ4n) is 3.57. The molecule has 3 unspecified atom stereocenters. The van der Waals surface area contributed by atoms with E-state index < -0.39 is 0 Å². The highest BCUT2D eigenvalue weighted by Crippen LogP contribution is 2.32. The van der Waals surface area contributed by atoms with E-state index in [0.29, 0.717) is 6.04 Å². The molecule has 0 saturated carbocycles. The largest absolute Gasteiger partial charge is 0.334 e. The summed E-state index contributed by atoms with van der Waals surface area (Å²) in [5, 5.41) is 0. The number of hydrogen-bond donors (Lipinski definition) is 2. The van der Waals surface area contributed by atoms with E-state index >= 15 is 0 Å². The molecular weight excluding hydrogens is 262 g/mol. The molecule has 4 heteroatoms. The van der Waals surface area contributed by atoms with Crippen molar-refractivity contribution in [2.75, 3.05) is 6.54 Å². The first-order valence-electron chi connectivity index (χ1n) is 8.16. The molecular formula is C17H25N3O. The Kier molecular flexibility index (Phi) is 4.56. The highest BCUT2D eigenvalue weighted by molar-refractivity contribution is 5.83. The number of nitrogens with one attached hydrogen (secondary N) is 2. The molecule has 0 bridgehead atoms. The smallest absolute Gasteiger partial charge is 0.241 e. The van der Waals surface area contributed by atoms with Crippen LogP contribution in [0.15, 0.2) is 30.3 Å². The van der Waals surface area contributed by atoms with Crippen LogP contribution in [0.4, 0.5) is 0 Å². The molecule has 0 radical (unpaired) electrons. The Morgan fingerprint density at radius 2 is 2.10 bits per heavy atom. The van der Waals surface area contributed by atoms with Crippen molar-refractivity contribution in [3.05, 3.63) is 35.9 Å². The van der Waals surface area contributed by atoms with Crippen LogP contribution in [0.2, 0.25) is 0 Å². The summed E-state index contributed by atoms with van der Waals surface area (Å²) in [6.07, 6.45) is 5.36. The first kappa shape index (κ1) is 14.5. The van der Waals surface area contributed by atoms with Crippen LogP contribution in [0.3, 0.4) is 0 Å². The van der Waals surface area contributed by atoms with Gasteiger partial charge in [0.1, 0.15) is 6.04 Å². The molecule has 1 aromatic carbocycles. The lowest BCUT2D eigenvalue weighted by atomic mass is 10.0. The van der Waals surface area contributed by atoms with E-state index in [1.807, 2.05) is 6.07 Å². The number of rotatable bonds is 4. The molecule has 0 spiro atoms. The van der Waals surface area contributed by atoms with E-state index in [0.717, 1.165) is 38.6 Å². The molecule has 4 nitrogen and oxygen atoms in total. The van der Waals surface area contributed by atoms with Crippen LogP contribution < -0.4 is 10.9 Å². The molecule has 1 amide bonds. The molecule has 3 rings (SSSR count). The average molecular weight is 287 g/mol. The summed E-state index contributed by atoms with van der Waals surface area (Å²) in [6, 6.07) is 11.0. The maximum atomic E-state index is 12.8. The third-order valence-electron chi connectivity index (χ3n) is 4.64. The van der Waals surface area contributed by atoms with Gasteiger partial charge in [-0.2, -0.15) is 0 Å². The molecule has 114 valence electrons. The fraction of sp³-hybridized carbons (Fsp3) is 0.588. The van der Waals surface area contributed by atoms with E-state index in [9.17, 15) is 4.79 Å². The van der Waals surface area contributed by atoms with E-state index in [1.165, 1.54) is 5.56 Å². The number of hydrogen-bond acceptors (Lipinski definition) is 3. The minimum Gasteiger partial charge on any atom is -0.334 e. The van der Waals surface area contributed by atoms with Crippen LogP contribution in [-0.2, 0) is 4.79 Å². The van der Waals surface area contributed by atoms with E-state index in [1.54, 1.807) is 0 Å². The number of benzene rings is 1. The second kappa shape index (κ2) is 6.58. The predicted molar refractivity (Wildman–Crippen MR) is 83.5 cm³/mol. The summed E-state index contributed by atoms with van der Waals surface area (Å²) in [5.41, 5.74) is 7.73. The second-order valence-electron chi connectivity index (χ2n) is 6.16. The van der Waals surface area contributed by atoms with Gasteiger partial charge in [-0.25, -0.2) is 5.43 Å². The Labute approximate surface area is 126 Å². The van der Waals surface area contributed by atoms with Gasteiger partial charge in [-0.05, 0) is 31.2 Å². The van der Waals surface area contributed by atoms with Crippen molar-refractivity contribution in [3.63, 3.8) is 0 Å². The number of carbonyl (C=O) groups is 1. The summed E-state index contributed by atoms with van der Waals surface area (Å²) < 4.78 is 0. The highest BCUT2D eigenvalue weighted by atomic mass is 16.2. The third-order valence-corrected chi connectivity index (χ3v) is 4.64. The molecule has 2 fully saturated rings. The zero-order chi connectivity index (χ0) is 14.7. The van der Waals surface area contributed by atoms with Crippen molar-refractivity contribution in [1.82, 2.24) is 15.8 Å². The van der Waals surface area contributed by atoms with Gasteiger partial charge >= 0.3 is 0 Å². The summed E-state index contributed by atoms with van der Waals surface area (Å²) in [7, 11) is 0. The number of carbonyl (C=O) groups excluding carboxylic acids is 1. The van der Waals surface area contributed by atoms with E-state index in [4.69, 9.17) is 0 Å². The quantitative estimate of drug-likeness (QED) is 0.893. The summed E-state index contributed by atoms with van der Waals surface area (Å²) in [5.74, 6) is 0.257. The maximum absolute atomic E-state index is 12.8. The molecule has 21 heavy (non-hydrogen) atoms. The topological polar surface area (TPSA) is 44.4 Å². The van der Waals surface area contributed by atoms with Crippen LogP contribution in [0.25, 0.3) is 0 Å². The fourth-order valence-corrected chi connectivity index (χ4v) is 3.57. The van der Waals surface area contributed by atoms with Gasteiger partial charge in [0.05, 0.1) is 6.04 Å². The minimum atomic E-state index is -0.0640. The van der Waals surface area contributed by atoms with Crippen LogP contribution in [0.5, 0.6) is 0 Å². The van der Waals surface area contributed by atoms with E-state index in [-0.39, 0.29) is 18.0 Å². The van der Waals surface area contributed by atoms with Crippen LogP contribution in [-0.4, -0.2) is 29.4 Å². The molecule has 1 aromatic rings. The minimum absolute atomic E-state index is 0.0640. The summed E-state index contributed by atoms with van der Waals surface area (Å²) >= 11 is 0. The molecule has 3 atom stereocenters. The maximum Gasteiger partial charge on any atom is 0.241 e. The molecule has 2 aliphatic heterocycles. The monoisotopic (exact) mass is 287 g/mol. The van der Waals surface area contributed by atoms with Crippen molar-refractivity contribution in [3.8, 4) is 0 Å². The van der Waals surface area contributed by atoms with Gasteiger partial charge in [-0.3, -0.25) is 10.2 Å². The second-order valence-corrected chi connectivity index (χ2v) is 6.16. The lowest BCUT2D eigenvalue weighted by molar-refractivity contribution is -0.134. The van der Waals surface area contributed by atoms with Gasteiger partial charge in [0.2, 0.25) is 5.91 Å². The Morgan fingerprint density at radius 1 is 1.29 bits per heavy atom.